The van der Waals surface area contributed by atoms with Crippen LogP contribution in [0.25, 0.3) is 22.3 Å². The summed E-state index contributed by atoms with van der Waals surface area (Å²) >= 11 is 0. The highest BCUT2D eigenvalue weighted by molar-refractivity contribution is 5.74. The van der Waals surface area contributed by atoms with Crippen molar-refractivity contribution in [2.24, 2.45) is 0 Å². The SMILES string of the molecule is Nc1c(F)c(F)c(-c2c(F)c(N)c(F)c(F)c2F)c(F)c1F.Nc1c(F)c(F)c(-c2c(F)c(N)c(F)c(F)c2F)c(F)c1F.O. The molecule has 0 saturated carbocycles. The van der Waals surface area contributed by atoms with Crippen molar-refractivity contribution in [3.8, 4) is 22.3 Å². The van der Waals surface area contributed by atoms with Gasteiger partial charge in [0.1, 0.15) is 22.7 Å². The maximum absolute atomic E-state index is 13.7. The van der Waals surface area contributed by atoms with Gasteiger partial charge in [0.05, 0.1) is 22.3 Å². The summed E-state index contributed by atoms with van der Waals surface area (Å²) in [5.74, 6) is -35.9. The Bertz CT molecular complexity index is 1500. The van der Waals surface area contributed by atoms with E-state index in [1.54, 1.807) is 0 Å². The molecule has 21 heteroatoms. The molecule has 0 aliphatic heterocycles. The van der Waals surface area contributed by atoms with Gasteiger partial charge >= 0.3 is 0 Å². The molecule has 0 heterocycles. The van der Waals surface area contributed by atoms with Crippen LogP contribution in [0, 0.1) is 93.1 Å². The number of nitrogen functional groups attached to an aromatic ring is 4. The molecule has 0 spiro atoms. The van der Waals surface area contributed by atoms with E-state index in [1.165, 1.54) is 0 Å². The lowest BCUT2D eigenvalue weighted by molar-refractivity contribution is 0.435. The molecule has 0 radical (unpaired) electrons. The predicted octanol–water partition coefficient (Wildman–Crippen LogP) is 6.44. The summed E-state index contributed by atoms with van der Waals surface area (Å²) in [6.45, 7) is 0. The topological polar surface area (TPSA) is 136 Å². The maximum atomic E-state index is 13.7. The van der Waals surface area contributed by atoms with E-state index in [9.17, 15) is 70.2 Å². The van der Waals surface area contributed by atoms with Gasteiger partial charge in [-0.1, -0.05) is 0 Å². The first-order chi connectivity index (χ1) is 20.2. The zero-order valence-corrected chi connectivity index (χ0v) is 20.9. The van der Waals surface area contributed by atoms with Crippen molar-refractivity contribution < 1.29 is 75.7 Å². The zero-order chi connectivity index (χ0) is 33.9. The maximum Gasteiger partial charge on any atom is 0.197 e. The molecule has 0 aliphatic carbocycles. The number of hydrogen-bond acceptors (Lipinski definition) is 4. The minimum Gasteiger partial charge on any atom is -0.412 e. The first-order valence-corrected chi connectivity index (χ1v) is 10.7. The molecule has 5 nitrogen and oxygen atoms in total. The fourth-order valence-corrected chi connectivity index (χ4v) is 3.48. The molecule has 244 valence electrons. The summed E-state index contributed by atoms with van der Waals surface area (Å²) < 4.78 is 215. The van der Waals surface area contributed by atoms with Crippen LogP contribution in [0.4, 0.5) is 93.0 Å². The van der Waals surface area contributed by atoms with Crippen molar-refractivity contribution >= 4 is 22.7 Å². The summed E-state index contributed by atoms with van der Waals surface area (Å²) in [4.78, 5) is 0. The molecular formula is C24H10F16N4O. The first kappa shape index (κ1) is 36.1. The van der Waals surface area contributed by atoms with Crippen molar-refractivity contribution in [2.75, 3.05) is 22.9 Å². The third kappa shape index (κ3) is 5.42. The van der Waals surface area contributed by atoms with Crippen LogP contribution in [0.1, 0.15) is 0 Å². The smallest absolute Gasteiger partial charge is 0.197 e. The van der Waals surface area contributed by atoms with E-state index in [0.717, 1.165) is 0 Å². The van der Waals surface area contributed by atoms with E-state index in [-0.39, 0.29) is 5.48 Å². The van der Waals surface area contributed by atoms with Gasteiger partial charge in [-0.2, -0.15) is 0 Å². The van der Waals surface area contributed by atoms with Crippen LogP contribution in [0.15, 0.2) is 0 Å². The molecule has 4 aromatic carbocycles. The fourth-order valence-electron chi connectivity index (χ4n) is 3.48. The van der Waals surface area contributed by atoms with Gasteiger partial charge in [-0.3, -0.25) is 0 Å². The lowest BCUT2D eigenvalue weighted by atomic mass is 10.00. The number of hydrogen-bond donors (Lipinski definition) is 4. The van der Waals surface area contributed by atoms with Gasteiger partial charge in [0, 0.05) is 0 Å². The van der Waals surface area contributed by atoms with E-state index < -0.39 is 138 Å². The average Bonchev–Trinajstić information content (AvgIpc) is 3.00. The Morgan fingerprint density at radius 2 is 0.333 bits per heavy atom. The number of nitrogens with two attached hydrogens (primary N) is 4. The van der Waals surface area contributed by atoms with Crippen LogP contribution in [-0.4, -0.2) is 5.48 Å². The highest BCUT2D eigenvalue weighted by Crippen LogP contribution is 2.41. The van der Waals surface area contributed by atoms with Crippen LogP contribution in [0.2, 0.25) is 0 Å². The van der Waals surface area contributed by atoms with E-state index in [0.29, 0.717) is 0 Å². The molecule has 0 unspecified atom stereocenters. The van der Waals surface area contributed by atoms with Crippen LogP contribution in [0.5, 0.6) is 0 Å². The molecule has 0 saturated heterocycles. The van der Waals surface area contributed by atoms with Gasteiger partial charge in [0.15, 0.2) is 93.1 Å². The van der Waals surface area contributed by atoms with E-state index in [2.05, 4.69) is 0 Å². The minimum atomic E-state index is -2.41. The van der Waals surface area contributed by atoms with Gasteiger partial charge < -0.3 is 28.4 Å². The number of rotatable bonds is 2. The third-order valence-corrected chi connectivity index (χ3v) is 5.69. The Morgan fingerprint density at radius 1 is 0.200 bits per heavy atom. The van der Waals surface area contributed by atoms with Crippen molar-refractivity contribution in [3.05, 3.63) is 93.1 Å². The third-order valence-electron chi connectivity index (χ3n) is 5.69. The molecule has 0 bridgehead atoms. The molecule has 10 N–H and O–H groups in total. The Morgan fingerprint density at radius 3 is 0.556 bits per heavy atom. The summed E-state index contributed by atoms with van der Waals surface area (Å²) in [5, 5.41) is 0. The molecule has 0 amide bonds. The normalized spacial score (nSPS) is 10.8. The summed E-state index contributed by atoms with van der Waals surface area (Å²) in [6.07, 6.45) is 0. The fraction of sp³-hybridized carbons (Fsp3) is 0. The van der Waals surface area contributed by atoms with E-state index in [1.807, 2.05) is 0 Å². The average molecular weight is 674 g/mol. The second kappa shape index (κ2) is 12.5. The van der Waals surface area contributed by atoms with Crippen LogP contribution >= 0.6 is 0 Å². The highest BCUT2D eigenvalue weighted by atomic mass is 19.2. The number of anilines is 4. The standard InChI is InChI=1S/2C12H4F8N2.H2O/c2*13-3-2(6(16)11(21)10(20)7(3)17)1-4(14)8(18)12(22)9(19)5(1)15;/h2*21-22H2;1H2. The second-order valence-electron chi connectivity index (χ2n) is 8.18. The molecule has 0 aliphatic rings. The molecule has 0 atom stereocenters. The Hall–Kier alpha value is -5.08. The Labute approximate surface area is 237 Å². The highest BCUT2D eigenvalue weighted by Gasteiger charge is 2.34. The monoisotopic (exact) mass is 674 g/mol. The molecule has 0 fully saturated rings. The molecule has 45 heavy (non-hydrogen) atoms. The van der Waals surface area contributed by atoms with Crippen LogP contribution < -0.4 is 22.9 Å². The Balaban J connectivity index is 0.000000307. The van der Waals surface area contributed by atoms with Gasteiger partial charge in [-0.15, -0.1) is 0 Å². The molecule has 4 aromatic rings. The van der Waals surface area contributed by atoms with Gasteiger partial charge in [-0.05, 0) is 0 Å². The molecule has 0 aromatic heterocycles. The van der Waals surface area contributed by atoms with Crippen molar-refractivity contribution in [1.82, 2.24) is 0 Å². The lowest BCUT2D eigenvalue weighted by Crippen LogP contribution is -2.11. The first-order valence-electron chi connectivity index (χ1n) is 10.7. The van der Waals surface area contributed by atoms with E-state index in [4.69, 9.17) is 22.9 Å². The molecular weight excluding hydrogens is 664 g/mol. The van der Waals surface area contributed by atoms with Gasteiger partial charge in [-0.25, -0.2) is 70.2 Å². The number of benzene rings is 4. The minimum absolute atomic E-state index is 0. The zero-order valence-electron chi connectivity index (χ0n) is 20.9. The van der Waals surface area contributed by atoms with Crippen molar-refractivity contribution in [2.45, 2.75) is 0 Å². The quantitative estimate of drug-likeness (QED) is 0.0843. The van der Waals surface area contributed by atoms with Gasteiger partial charge in [0.25, 0.3) is 0 Å². The van der Waals surface area contributed by atoms with Crippen molar-refractivity contribution in [3.63, 3.8) is 0 Å². The Kier molecular flexibility index (Phi) is 10.0. The largest absolute Gasteiger partial charge is 0.412 e. The molecule has 4 rings (SSSR count). The number of halogens is 16. The summed E-state index contributed by atoms with van der Waals surface area (Å²) in [6, 6.07) is 0. The van der Waals surface area contributed by atoms with Gasteiger partial charge in [0.2, 0.25) is 0 Å². The van der Waals surface area contributed by atoms with Crippen LogP contribution in [-0.2, 0) is 0 Å². The second-order valence-corrected chi connectivity index (χ2v) is 8.18. The predicted molar refractivity (Wildman–Crippen MR) is 124 cm³/mol. The summed E-state index contributed by atoms with van der Waals surface area (Å²) in [5.41, 5.74) is 4.90. The lowest BCUT2D eigenvalue weighted by Gasteiger charge is -2.13. The summed E-state index contributed by atoms with van der Waals surface area (Å²) in [7, 11) is 0. The van der Waals surface area contributed by atoms with Crippen LogP contribution in [0.3, 0.4) is 0 Å². The van der Waals surface area contributed by atoms with Crippen molar-refractivity contribution in [1.29, 1.82) is 0 Å². The van der Waals surface area contributed by atoms with E-state index >= 15 is 0 Å².